The monoisotopic (exact) mass is 338 g/mol. The SMILES string of the molecule is CCC(=S)Oc1nc2cccc(C)c2c(=O)n1-c1ccc(C)cc1. The summed E-state index contributed by atoms with van der Waals surface area (Å²) >= 11 is 5.18. The zero-order valence-corrected chi connectivity index (χ0v) is 14.7. The van der Waals surface area contributed by atoms with Gasteiger partial charge in [0.05, 0.1) is 16.6 Å². The Balaban J connectivity index is 2.34. The first-order valence-corrected chi connectivity index (χ1v) is 8.22. The molecule has 0 aliphatic carbocycles. The molecule has 0 spiro atoms. The molecule has 0 bridgehead atoms. The fourth-order valence-electron chi connectivity index (χ4n) is 2.54. The summed E-state index contributed by atoms with van der Waals surface area (Å²) in [4.78, 5) is 17.7. The lowest BCUT2D eigenvalue weighted by molar-refractivity contribution is 0.485. The molecule has 0 aliphatic rings. The third-order valence-electron chi connectivity index (χ3n) is 3.86. The van der Waals surface area contributed by atoms with Gasteiger partial charge in [0.1, 0.15) is 0 Å². The first-order chi connectivity index (χ1) is 11.5. The maximum atomic E-state index is 13.1. The summed E-state index contributed by atoms with van der Waals surface area (Å²) in [7, 11) is 0. The van der Waals surface area contributed by atoms with Crippen molar-refractivity contribution < 1.29 is 4.74 Å². The van der Waals surface area contributed by atoms with Crippen LogP contribution in [0.3, 0.4) is 0 Å². The summed E-state index contributed by atoms with van der Waals surface area (Å²) in [6.07, 6.45) is 0.574. The average Bonchev–Trinajstić information content (AvgIpc) is 2.56. The van der Waals surface area contributed by atoms with E-state index in [1.165, 1.54) is 4.57 Å². The molecule has 0 unspecified atom stereocenters. The number of fused-ring (bicyclic) bond motifs is 1. The Hall–Kier alpha value is -2.53. The molecule has 122 valence electrons. The van der Waals surface area contributed by atoms with Crippen molar-refractivity contribution in [2.24, 2.45) is 0 Å². The quantitative estimate of drug-likeness (QED) is 0.674. The Morgan fingerprint density at radius 1 is 1.17 bits per heavy atom. The second-order valence-electron chi connectivity index (χ2n) is 5.67. The van der Waals surface area contributed by atoms with E-state index in [0.29, 0.717) is 28.1 Å². The predicted octanol–water partition coefficient (Wildman–Crippen LogP) is 4.12. The molecule has 0 aliphatic heterocycles. The Bertz CT molecular complexity index is 975. The summed E-state index contributed by atoms with van der Waals surface area (Å²) < 4.78 is 7.17. The van der Waals surface area contributed by atoms with Crippen LogP contribution >= 0.6 is 12.2 Å². The van der Waals surface area contributed by atoms with E-state index in [4.69, 9.17) is 17.0 Å². The Morgan fingerprint density at radius 3 is 2.54 bits per heavy atom. The molecule has 1 aromatic heterocycles. The molecule has 0 amide bonds. The molecule has 3 aromatic rings. The maximum absolute atomic E-state index is 13.1. The van der Waals surface area contributed by atoms with E-state index >= 15 is 0 Å². The van der Waals surface area contributed by atoms with Crippen molar-refractivity contribution >= 4 is 28.2 Å². The smallest absolute Gasteiger partial charge is 0.310 e. The van der Waals surface area contributed by atoms with Gasteiger partial charge in [-0.05, 0) is 49.8 Å². The van der Waals surface area contributed by atoms with E-state index in [1.54, 1.807) is 0 Å². The zero-order valence-electron chi connectivity index (χ0n) is 13.9. The van der Waals surface area contributed by atoms with Gasteiger partial charge in [-0.15, -0.1) is 0 Å². The molecule has 0 radical (unpaired) electrons. The largest absolute Gasteiger partial charge is 0.418 e. The fourth-order valence-corrected chi connectivity index (χ4v) is 2.61. The number of nitrogens with zero attached hydrogens (tertiary/aromatic N) is 2. The second-order valence-corrected chi connectivity index (χ2v) is 6.12. The molecular weight excluding hydrogens is 320 g/mol. The molecule has 0 atom stereocenters. The summed E-state index contributed by atoms with van der Waals surface area (Å²) in [6, 6.07) is 13.5. The van der Waals surface area contributed by atoms with Crippen LogP contribution in [0.25, 0.3) is 16.6 Å². The number of aromatic nitrogens is 2. The van der Waals surface area contributed by atoms with Crippen LogP contribution < -0.4 is 10.3 Å². The lowest BCUT2D eigenvalue weighted by Gasteiger charge is -2.14. The minimum Gasteiger partial charge on any atom is -0.418 e. The molecule has 0 saturated carbocycles. The van der Waals surface area contributed by atoms with Crippen molar-refractivity contribution in [3.63, 3.8) is 0 Å². The van der Waals surface area contributed by atoms with Gasteiger partial charge in [-0.1, -0.05) is 36.8 Å². The van der Waals surface area contributed by atoms with Gasteiger partial charge < -0.3 is 4.74 Å². The van der Waals surface area contributed by atoms with Gasteiger partial charge in [-0.25, -0.2) is 4.57 Å². The van der Waals surface area contributed by atoms with Crippen LogP contribution in [0.1, 0.15) is 24.5 Å². The van der Waals surface area contributed by atoms with Crippen molar-refractivity contribution in [1.29, 1.82) is 0 Å². The standard InChI is InChI=1S/C19H18N2O2S/c1-4-16(24)23-19-20-15-7-5-6-13(3)17(15)18(22)21(19)14-10-8-12(2)9-11-14/h5-11H,4H2,1-3H3. The van der Waals surface area contributed by atoms with E-state index < -0.39 is 0 Å². The zero-order chi connectivity index (χ0) is 17.3. The highest BCUT2D eigenvalue weighted by atomic mass is 32.1. The van der Waals surface area contributed by atoms with E-state index in [2.05, 4.69) is 4.98 Å². The van der Waals surface area contributed by atoms with Gasteiger partial charge in [0.2, 0.25) is 0 Å². The van der Waals surface area contributed by atoms with Gasteiger partial charge in [-0.3, -0.25) is 4.79 Å². The molecule has 5 heteroatoms. The second kappa shape index (κ2) is 6.53. The molecule has 24 heavy (non-hydrogen) atoms. The highest BCUT2D eigenvalue weighted by molar-refractivity contribution is 7.80. The number of ether oxygens (including phenoxy) is 1. The van der Waals surface area contributed by atoms with Gasteiger partial charge in [0.25, 0.3) is 5.56 Å². The molecular formula is C19H18N2O2S. The summed E-state index contributed by atoms with van der Waals surface area (Å²) in [5.74, 6) is 0. The molecule has 1 heterocycles. The third kappa shape index (κ3) is 2.95. The Kier molecular flexibility index (Phi) is 4.44. The number of hydrogen-bond acceptors (Lipinski definition) is 4. The lowest BCUT2D eigenvalue weighted by atomic mass is 10.1. The van der Waals surface area contributed by atoms with Crippen molar-refractivity contribution in [3.8, 4) is 11.7 Å². The average molecular weight is 338 g/mol. The van der Waals surface area contributed by atoms with Crippen LogP contribution in [-0.4, -0.2) is 14.6 Å². The number of benzene rings is 2. The Labute approximate surface area is 145 Å². The lowest BCUT2D eigenvalue weighted by Crippen LogP contribution is -2.24. The van der Waals surface area contributed by atoms with Gasteiger partial charge in [0, 0.05) is 6.42 Å². The number of rotatable bonds is 3. The van der Waals surface area contributed by atoms with Crippen LogP contribution in [0.5, 0.6) is 6.01 Å². The summed E-state index contributed by atoms with van der Waals surface area (Å²) in [5, 5.41) is 0.989. The molecule has 2 aromatic carbocycles. The van der Waals surface area contributed by atoms with E-state index in [9.17, 15) is 4.79 Å². The summed E-state index contributed by atoms with van der Waals surface area (Å²) in [6.45, 7) is 5.81. The molecule has 4 nitrogen and oxygen atoms in total. The normalized spacial score (nSPS) is 10.8. The van der Waals surface area contributed by atoms with Crippen molar-refractivity contribution in [1.82, 2.24) is 9.55 Å². The number of aryl methyl sites for hydroxylation is 2. The van der Waals surface area contributed by atoms with E-state index in [-0.39, 0.29) is 11.6 Å². The number of hydrogen-bond donors (Lipinski definition) is 0. The van der Waals surface area contributed by atoms with Crippen molar-refractivity contribution in [2.75, 3.05) is 0 Å². The van der Waals surface area contributed by atoms with Crippen LogP contribution in [-0.2, 0) is 0 Å². The van der Waals surface area contributed by atoms with Gasteiger partial charge in [0.15, 0.2) is 5.05 Å². The first kappa shape index (κ1) is 16.3. The maximum Gasteiger partial charge on any atom is 0.310 e. The minimum absolute atomic E-state index is 0.157. The first-order valence-electron chi connectivity index (χ1n) is 7.81. The molecule has 0 N–H and O–H groups in total. The topological polar surface area (TPSA) is 44.1 Å². The minimum atomic E-state index is -0.157. The van der Waals surface area contributed by atoms with E-state index in [0.717, 1.165) is 11.1 Å². The van der Waals surface area contributed by atoms with Crippen LogP contribution in [0, 0.1) is 13.8 Å². The third-order valence-corrected chi connectivity index (χ3v) is 4.23. The van der Waals surface area contributed by atoms with Crippen LogP contribution in [0.4, 0.5) is 0 Å². The van der Waals surface area contributed by atoms with Crippen molar-refractivity contribution in [2.45, 2.75) is 27.2 Å². The Morgan fingerprint density at radius 2 is 1.88 bits per heavy atom. The van der Waals surface area contributed by atoms with Gasteiger partial charge in [-0.2, -0.15) is 4.98 Å². The van der Waals surface area contributed by atoms with Crippen LogP contribution in [0.15, 0.2) is 47.3 Å². The summed E-state index contributed by atoms with van der Waals surface area (Å²) in [5.41, 5.74) is 3.16. The predicted molar refractivity (Wildman–Crippen MR) is 100 cm³/mol. The van der Waals surface area contributed by atoms with Crippen molar-refractivity contribution in [3.05, 3.63) is 63.9 Å². The fraction of sp³-hybridized carbons (Fsp3) is 0.211. The molecule has 0 fully saturated rings. The highest BCUT2D eigenvalue weighted by Crippen LogP contribution is 2.20. The van der Waals surface area contributed by atoms with E-state index in [1.807, 2.05) is 63.2 Å². The van der Waals surface area contributed by atoms with Crippen LogP contribution in [0.2, 0.25) is 0 Å². The number of thiocarbonyl (C=S) groups is 1. The highest BCUT2D eigenvalue weighted by Gasteiger charge is 2.16. The molecule has 3 rings (SSSR count). The molecule has 0 saturated heterocycles. The van der Waals surface area contributed by atoms with Gasteiger partial charge >= 0.3 is 6.01 Å².